The molecule has 0 aliphatic heterocycles. The van der Waals surface area contributed by atoms with Gasteiger partial charge < -0.3 is 15.4 Å². The van der Waals surface area contributed by atoms with Gasteiger partial charge in [-0.3, -0.25) is 0 Å². The number of rotatable bonds is 6. The first-order valence-corrected chi connectivity index (χ1v) is 7.93. The van der Waals surface area contributed by atoms with Gasteiger partial charge in [0.05, 0.1) is 6.61 Å². The van der Waals surface area contributed by atoms with Crippen molar-refractivity contribution in [3.05, 3.63) is 59.2 Å². The van der Waals surface area contributed by atoms with Gasteiger partial charge in [-0.05, 0) is 56.0 Å². The van der Waals surface area contributed by atoms with Crippen LogP contribution in [-0.4, -0.2) is 19.2 Å². The second-order valence-electron chi connectivity index (χ2n) is 5.42. The quantitative estimate of drug-likeness (QED) is 0.845. The molecule has 0 radical (unpaired) electrons. The molecule has 0 unspecified atom stereocenters. The van der Waals surface area contributed by atoms with Crippen LogP contribution >= 0.6 is 0 Å². The Balaban J connectivity index is 1.87. The largest absolute Gasteiger partial charge is 0.494 e. The minimum atomic E-state index is -0.187. The first-order chi connectivity index (χ1) is 11.1. The Morgan fingerprint density at radius 1 is 1.09 bits per heavy atom. The number of hydrogen-bond donors (Lipinski definition) is 2. The van der Waals surface area contributed by atoms with Crippen molar-refractivity contribution in [3.8, 4) is 5.75 Å². The molecule has 2 aromatic rings. The number of urea groups is 1. The lowest BCUT2D eigenvalue weighted by Crippen LogP contribution is -2.30. The number of para-hydroxylation sites is 1. The van der Waals surface area contributed by atoms with Crippen LogP contribution in [0.25, 0.3) is 0 Å². The minimum absolute atomic E-state index is 0.187. The summed E-state index contributed by atoms with van der Waals surface area (Å²) in [6, 6.07) is 13.6. The number of ether oxygens (including phenoxy) is 1. The highest BCUT2D eigenvalue weighted by Crippen LogP contribution is 2.19. The van der Waals surface area contributed by atoms with E-state index in [-0.39, 0.29) is 6.03 Å². The van der Waals surface area contributed by atoms with Gasteiger partial charge in [-0.25, -0.2) is 4.79 Å². The Morgan fingerprint density at radius 3 is 2.65 bits per heavy atom. The molecule has 0 spiro atoms. The Kier molecular flexibility index (Phi) is 6.03. The first-order valence-electron chi connectivity index (χ1n) is 7.93. The lowest BCUT2D eigenvalue weighted by Gasteiger charge is -2.12. The second-order valence-corrected chi connectivity index (χ2v) is 5.42. The normalized spacial score (nSPS) is 10.2. The van der Waals surface area contributed by atoms with E-state index in [1.165, 1.54) is 0 Å². The van der Waals surface area contributed by atoms with Gasteiger partial charge >= 0.3 is 6.03 Å². The molecule has 0 fully saturated rings. The summed E-state index contributed by atoms with van der Waals surface area (Å²) in [6.07, 6.45) is 0.733. The van der Waals surface area contributed by atoms with Crippen LogP contribution in [0, 0.1) is 13.8 Å². The van der Waals surface area contributed by atoms with E-state index in [9.17, 15) is 4.79 Å². The van der Waals surface area contributed by atoms with E-state index in [1.807, 2.05) is 63.2 Å². The van der Waals surface area contributed by atoms with Gasteiger partial charge in [-0.1, -0.05) is 30.3 Å². The van der Waals surface area contributed by atoms with Gasteiger partial charge in [0.2, 0.25) is 0 Å². The molecule has 0 aliphatic rings. The number of hydrogen-bond acceptors (Lipinski definition) is 2. The van der Waals surface area contributed by atoms with Crippen molar-refractivity contribution in [2.75, 3.05) is 18.5 Å². The zero-order valence-corrected chi connectivity index (χ0v) is 14.0. The summed E-state index contributed by atoms with van der Waals surface area (Å²) >= 11 is 0. The van der Waals surface area contributed by atoms with E-state index in [0.717, 1.165) is 34.5 Å². The molecule has 4 heteroatoms. The highest BCUT2D eigenvalue weighted by Gasteiger charge is 2.06. The summed E-state index contributed by atoms with van der Waals surface area (Å²) < 4.78 is 5.59. The Bertz CT molecular complexity index is 668. The second kappa shape index (κ2) is 8.22. The zero-order valence-electron chi connectivity index (χ0n) is 14.0. The number of aryl methyl sites for hydroxylation is 1. The molecule has 122 valence electrons. The van der Waals surface area contributed by atoms with Gasteiger partial charge in [0.25, 0.3) is 0 Å². The number of nitrogens with one attached hydrogen (secondary N) is 2. The van der Waals surface area contributed by atoms with Gasteiger partial charge in [0.15, 0.2) is 0 Å². The average Bonchev–Trinajstić information content (AvgIpc) is 2.54. The van der Waals surface area contributed by atoms with Crippen molar-refractivity contribution >= 4 is 11.7 Å². The predicted molar refractivity (Wildman–Crippen MR) is 94.3 cm³/mol. The molecule has 2 amide bonds. The Hall–Kier alpha value is -2.49. The molecular formula is C19H24N2O2. The molecule has 4 nitrogen and oxygen atoms in total. The van der Waals surface area contributed by atoms with Crippen LogP contribution < -0.4 is 15.4 Å². The third kappa shape index (κ3) is 4.74. The molecule has 0 heterocycles. The molecule has 23 heavy (non-hydrogen) atoms. The van der Waals surface area contributed by atoms with Crippen LogP contribution in [0.5, 0.6) is 5.75 Å². The fraction of sp³-hybridized carbons (Fsp3) is 0.316. The van der Waals surface area contributed by atoms with Gasteiger partial charge in [0.1, 0.15) is 5.75 Å². The predicted octanol–water partition coefficient (Wildman–Crippen LogP) is 4.07. The molecule has 0 saturated heterocycles. The summed E-state index contributed by atoms with van der Waals surface area (Å²) in [5.41, 5.74) is 4.19. The number of carbonyl (C=O) groups excluding carboxylic acids is 1. The molecule has 0 saturated carbocycles. The van der Waals surface area contributed by atoms with Gasteiger partial charge in [-0.15, -0.1) is 0 Å². The molecule has 0 aliphatic carbocycles. The smallest absolute Gasteiger partial charge is 0.319 e. The third-order valence-electron chi connectivity index (χ3n) is 3.81. The van der Waals surface area contributed by atoms with Crippen molar-refractivity contribution < 1.29 is 9.53 Å². The Morgan fingerprint density at radius 2 is 1.87 bits per heavy atom. The molecule has 0 atom stereocenters. The van der Waals surface area contributed by atoms with E-state index >= 15 is 0 Å². The van der Waals surface area contributed by atoms with Gasteiger partial charge in [-0.2, -0.15) is 0 Å². The summed E-state index contributed by atoms with van der Waals surface area (Å²) in [5.74, 6) is 0.881. The fourth-order valence-corrected chi connectivity index (χ4v) is 2.37. The van der Waals surface area contributed by atoms with Crippen LogP contribution in [-0.2, 0) is 6.42 Å². The summed E-state index contributed by atoms with van der Waals surface area (Å²) in [7, 11) is 0. The van der Waals surface area contributed by atoms with Crippen molar-refractivity contribution in [1.82, 2.24) is 5.32 Å². The van der Waals surface area contributed by atoms with Crippen LogP contribution in [0.15, 0.2) is 42.5 Å². The van der Waals surface area contributed by atoms with E-state index in [1.54, 1.807) is 0 Å². The maximum atomic E-state index is 12.0. The van der Waals surface area contributed by atoms with E-state index in [0.29, 0.717) is 13.2 Å². The summed E-state index contributed by atoms with van der Waals surface area (Å²) in [6.45, 7) is 7.19. The SMILES string of the molecule is CCOc1ccccc1CCNC(=O)Nc1cccc(C)c1C. The monoisotopic (exact) mass is 312 g/mol. The van der Waals surface area contributed by atoms with Crippen molar-refractivity contribution in [2.45, 2.75) is 27.2 Å². The minimum Gasteiger partial charge on any atom is -0.494 e. The van der Waals surface area contributed by atoms with E-state index < -0.39 is 0 Å². The maximum absolute atomic E-state index is 12.0. The standard InChI is InChI=1S/C19H24N2O2/c1-4-23-18-11-6-5-9-16(18)12-13-20-19(22)21-17-10-7-8-14(2)15(17)3/h5-11H,4,12-13H2,1-3H3,(H2,20,21,22). The fourth-order valence-electron chi connectivity index (χ4n) is 2.37. The van der Waals surface area contributed by atoms with E-state index in [4.69, 9.17) is 4.74 Å². The number of anilines is 1. The molecular weight excluding hydrogens is 288 g/mol. The molecule has 2 N–H and O–H groups in total. The van der Waals surface area contributed by atoms with Crippen LogP contribution in [0.1, 0.15) is 23.6 Å². The Labute approximate surface area is 137 Å². The van der Waals surface area contributed by atoms with Crippen LogP contribution in [0.2, 0.25) is 0 Å². The summed E-state index contributed by atoms with van der Waals surface area (Å²) in [5, 5.41) is 5.79. The average molecular weight is 312 g/mol. The molecule has 2 rings (SSSR count). The summed E-state index contributed by atoms with van der Waals surface area (Å²) in [4.78, 5) is 12.0. The number of carbonyl (C=O) groups is 1. The topological polar surface area (TPSA) is 50.4 Å². The van der Waals surface area contributed by atoms with Crippen molar-refractivity contribution in [2.24, 2.45) is 0 Å². The number of benzene rings is 2. The molecule has 0 bridgehead atoms. The van der Waals surface area contributed by atoms with Crippen molar-refractivity contribution in [3.63, 3.8) is 0 Å². The van der Waals surface area contributed by atoms with E-state index in [2.05, 4.69) is 10.6 Å². The first kappa shape index (κ1) is 16.9. The maximum Gasteiger partial charge on any atom is 0.319 e. The highest BCUT2D eigenvalue weighted by molar-refractivity contribution is 5.90. The van der Waals surface area contributed by atoms with Crippen LogP contribution in [0.3, 0.4) is 0 Å². The molecule has 2 aromatic carbocycles. The lowest BCUT2D eigenvalue weighted by atomic mass is 10.1. The third-order valence-corrected chi connectivity index (χ3v) is 3.81. The van der Waals surface area contributed by atoms with Crippen LogP contribution in [0.4, 0.5) is 10.5 Å². The number of amides is 2. The molecule has 0 aromatic heterocycles. The van der Waals surface area contributed by atoms with Crippen molar-refractivity contribution in [1.29, 1.82) is 0 Å². The lowest BCUT2D eigenvalue weighted by molar-refractivity contribution is 0.252. The zero-order chi connectivity index (χ0) is 16.7. The van der Waals surface area contributed by atoms with Gasteiger partial charge in [0, 0.05) is 12.2 Å². The highest BCUT2D eigenvalue weighted by atomic mass is 16.5.